The van der Waals surface area contributed by atoms with Crippen molar-refractivity contribution in [2.45, 2.75) is 32.2 Å². The van der Waals surface area contributed by atoms with Crippen molar-refractivity contribution in [3.05, 3.63) is 35.9 Å². The molecule has 7 nitrogen and oxygen atoms in total. The summed E-state index contributed by atoms with van der Waals surface area (Å²) in [6, 6.07) is 8.87. The summed E-state index contributed by atoms with van der Waals surface area (Å²) in [5.41, 5.74) is 0.851. The minimum absolute atomic E-state index is 0.0458. The van der Waals surface area contributed by atoms with E-state index in [1.165, 1.54) is 0 Å². The predicted molar refractivity (Wildman–Crippen MR) is 102 cm³/mol. The van der Waals surface area contributed by atoms with Gasteiger partial charge in [-0.2, -0.15) is 0 Å². The maximum atomic E-state index is 13.4. The lowest BCUT2D eigenvalue weighted by Crippen LogP contribution is -2.55. The molecule has 2 aliphatic heterocycles. The van der Waals surface area contributed by atoms with Crippen LogP contribution in [0, 0.1) is 0 Å². The monoisotopic (exact) mass is 372 g/mol. The van der Waals surface area contributed by atoms with Crippen molar-refractivity contribution in [2.75, 3.05) is 39.3 Å². The summed E-state index contributed by atoms with van der Waals surface area (Å²) < 4.78 is 0. The minimum Gasteiger partial charge on any atom is -0.338 e. The Morgan fingerprint density at radius 1 is 1.00 bits per heavy atom. The Hall–Kier alpha value is -2.57. The molecule has 0 saturated carbocycles. The van der Waals surface area contributed by atoms with Crippen molar-refractivity contribution in [3.63, 3.8) is 0 Å². The first-order valence-electron chi connectivity index (χ1n) is 9.77. The number of benzene rings is 1. The number of piperazine rings is 1. The van der Waals surface area contributed by atoms with Crippen LogP contribution < -0.4 is 5.32 Å². The number of urea groups is 1. The van der Waals surface area contributed by atoms with Crippen molar-refractivity contribution in [1.29, 1.82) is 0 Å². The third-order valence-corrected chi connectivity index (χ3v) is 5.23. The van der Waals surface area contributed by atoms with Crippen LogP contribution in [-0.2, 0) is 9.59 Å². The van der Waals surface area contributed by atoms with E-state index in [0.717, 1.165) is 18.4 Å². The van der Waals surface area contributed by atoms with Crippen LogP contribution in [0.15, 0.2) is 30.3 Å². The molecule has 1 N–H and O–H groups in total. The molecule has 1 atom stereocenters. The molecule has 2 aliphatic rings. The molecule has 1 aromatic carbocycles. The first kappa shape index (κ1) is 19.2. The van der Waals surface area contributed by atoms with Gasteiger partial charge in [-0.3, -0.25) is 9.59 Å². The first-order chi connectivity index (χ1) is 13.1. The second-order valence-electron chi connectivity index (χ2n) is 7.01. The van der Waals surface area contributed by atoms with Gasteiger partial charge in [0.25, 0.3) is 0 Å². The van der Waals surface area contributed by atoms with E-state index in [1.54, 1.807) is 14.7 Å². The Labute approximate surface area is 160 Å². The summed E-state index contributed by atoms with van der Waals surface area (Å²) in [6.07, 6.45) is 2.31. The van der Waals surface area contributed by atoms with Crippen LogP contribution in [0.3, 0.4) is 0 Å². The van der Waals surface area contributed by atoms with E-state index >= 15 is 0 Å². The molecule has 3 rings (SSSR count). The fourth-order valence-corrected chi connectivity index (χ4v) is 3.76. The van der Waals surface area contributed by atoms with E-state index in [9.17, 15) is 14.4 Å². The highest BCUT2D eigenvalue weighted by atomic mass is 16.2. The number of carbonyl (C=O) groups excluding carboxylic acids is 3. The van der Waals surface area contributed by atoms with Crippen LogP contribution in [0.1, 0.15) is 37.8 Å². The lowest BCUT2D eigenvalue weighted by atomic mass is 9.99. The Morgan fingerprint density at radius 3 is 2.30 bits per heavy atom. The molecule has 2 saturated heterocycles. The second-order valence-corrected chi connectivity index (χ2v) is 7.01. The number of carbonyl (C=O) groups is 3. The van der Waals surface area contributed by atoms with Gasteiger partial charge in [-0.25, -0.2) is 4.79 Å². The molecule has 7 heteroatoms. The van der Waals surface area contributed by atoms with E-state index in [1.807, 2.05) is 37.3 Å². The zero-order valence-corrected chi connectivity index (χ0v) is 15.9. The minimum atomic E-state index is -0.574. The third kappa shape index (κ3) is 4.40. The van der Waals surface area contributed by atoms with Gasteiger partial charge in [-0.15, -0.1) is 0 Å². The summed E-state index contributed by atoms with van der Waals surface area (Å²) in [7, 11) is 0. The molecule has 2 fully saturated rings. The van der Waals surface area contributed by atoms with Gasteiger partial charge in [0.05, 0.1) is 0 Å². The molecule has 0 bridgehead atoms. The van der Waals surface area contributed by atoms with Crippen LogP contribution in [-0.4, -0.2) is 71.8 Å². The number of nitrogens with zero attached hydrogens (tertiary/aromatic N) is 3. The number of piperidine rings is 1. The zero-order chi connectivity index (χ0) is 19.2. The van der Waals surface area contributed by atoms with Crippen molar-refractivity contribution in [1.82, 2.24) is 20.0 Å². The molecule has 0 spiro atoms. The maximum Gasteiger partial charge on any atom is 0.317 e. The average Bonchev–Trinajstić information content (AvgIpc) is 2.71. The Balaban J connectivity index is 1.74. The number of nitrogens with one attached hydrogen (secondary N) is 1. The highest BCUT2D eigenvalue weighted by molar-refractivity contribution is 5.89. The summed E-state index contributed by atoms with van der Waals surface area (Å²) in [5.74, 6) is -0.00332. The van der Waals surface area contributed by atoms with Crippen LogP contribution in [0.5, 0.6) is 0 Å². The molecule has 1 unspecified atom stereocenters. The van der Waals surface area contributed by atoms with E-state index < -0.39 is 6.04 Å². The van der Waals surface area contributed by atoms with Gasteiger partial charge in [-0.05, 0) is 25.3 Å². The molecule has 1 aromatic rings. The van der Waals surface area contributed by atoms with E-state index in [0.29, 0.717) is 45.7 Å². The van der Waals surface area contributed by atoms with Crippen molar-refractivity contribution < 1.29 is 14.4 Å². The van der Waals surface area contributed by atoms with E-state index in [-0.39, 0.29) is 17.8 Å². The number of hydrogen-bond acceptors (Lipinski definition) is 3. The summed E-state index contributed by atoms with van der Waals surface area (Å²) in [6.45, 7) is 5.08. The summed E-state index contributed by atoms with van der Waals surface area (Å²) in [4.78, 5) is 43.1. The van der Waals surface area contributed by atoms with E-state index in [4.69, 9.17) is 0 Å². The Bertz CT molecular complexity index is 671. The van der Waals surface area contributed by atoms with Crippen LogP contribution in [0.25, 0.3) is 0 Å². The third-order valence-electron chi connectivity index (χ3n) is 5.23. The number of rotatable bonds is 4. The average molecular weight is 372 g/mol. The molecular weight excluding hydrogens is 344 g/mol. The van der Waals surface area contributed by atoms with Crippen molar-refractivity contribution in [3.8, 4) is 0 Å². The molecule has 146 valence electrons. The summed E-state index contributed by atoms with van der Waals surface area (Å²) >= 11 is 0. The van der Waals surface area contributed by atoms with Crippen LogP contribution >= 0.6 is 0 Å². The van der Waals surface area contributed by atoms with Crippen LogP contribution in [0.4, 0.5) is 4.79 Å². The standard InChI is InChI=1S/C20H28N4O3/c1-2-21-20(27)23-14-12-22(13-15-23)19(26)18(16-8-4-3-5-9-16)24-11-7-6-10-17(24)25/h3-5,8-9,18H,2,6-7,10-15H2,1H3,(H,21,27). The lowest BCUT2D eigenvalue weighted by molar-refractivity contribution is -0.148. The molecule has 4 amide bonds. The Kier molecular flexibility index (Phi) is 6.32. The fourth-order valence-electron chi connectivity index (χ4n) is 3.76. The number of hydrogen-bond donors (Lipinski definition) is 1. The van der Waals surface area contributed by atoms with Gasteiger partial charge in [0.15, 0.2) is 0 Å². The van der Waals surface area contributed by atoms with Gasteiger partial charge in [0.1, 0.15) is 6.04 Å². The first-order valence-corrected chi connectivity index (χ1v) is 9.77. The molecular formula is C20H28N4O3. The fraction of sp³-hybridized carbons (Fsp3) is 0.550. The second kappa shape index (κ2) is 8.88. The smallest absolute Gasteiger partial charge is 0.317 e. The van der Waals surface area contributed by atoms with Gasteiger partial charge >= 0.3 is 6.03 Å². The van der Waals surface area contributed by atoms with Crippen molar-refractivity contribution >= 4 is 17.8 Å². The normalized spacial score (nSPS) is 19.0. The zero-order valence-electron chi connectivity index (χ0n) is 15.9. The topological polar surface area (TPSA) is 73.0 Å². The molecule has 0 aliphatic carbocycles. The number of likely N-dealkylation sites (tertiary alicyclic amines) is 1. The highest BCUT2D eigenvalue weighted by Gasteiger charge is 2.36. The number of amides is 4. The van der Waals surface area contributed by atoms with Gasteiger partial charge < -0.3 is 20.0 Å². The Morgan fingerprint density at radius 2 is 1.67 bits per heavy atom. The highest BCUT2D eigenvalue weighted by Crippen LogP contribution is 2.28. The van der Waals surface area contributed by atoms with Gasteiger partial charge in [0, 0.05) is 45.7 Å². The van der Waals surface area contributed by atoms with Crippen molar-refractivity contribution in [2.24, 2.45) is 0 Å². The molecule has 27 heavy (non-hydrogen) atoms. The van der Waals surface area contributed by atoms with Gasteiger partial charge in [0.2, 0.25) is 11.8 Å². The van der Waals surface area contributed by atoms with E-state index in [2.05, 4.69) is 5.32 Å². The quantitative estimate of drug-likeness (QED) is 0.873. The molecule has 2 heterocycles. The van der Waals surface area contributed by atoms with Crippen LogP contribution in [0.2, 0.25) is 0 Å². The predicted octanol–water partition coefficient (Wildman–Crippen LogP) is 1.61. The molecule has 0 aromatic heterocycles. The lowest BCUT2D eigenvalue weighted by Gasteiger charge is -2.40. The van der Waals surface area contributed by atoms with Gasteiger partial charge in [-0.1, -0.05) is 30.3 Å². The maximum absolute atomic E-state index is 13.4. The summed E-state index contributed by atoms with van der Waals surface area (Å²) in [5, 5.41) is 2.80. The largest absolute Gasteiger partial charge is 0.338 e. The SMILES string of the molecule is CCNC(=O)N1CCN(C(=O)C(c2ccccc2)N2CCCCC2=O)CC1. The molecule has 0 radical (unpaired) electrons.